The first-order chi connectivity index (χ1) is 14.5. The van der Waals surface area contributed by atoms with E-state index in [1.807, 2.05) is 4.90 Å². The molecule has 1 aliphatic rings. The molecule has 1 atom stereocenters. The van der Waals surface area contributed by atoms with Gasteiger partial charge in [0.05, 0.1) is 38.1 Å². The van der Waals surface area contributed by atoms with Crippen molar-refractivity contribution >= 4 is 17.5 Å². The summed E-state index contributed by atoms with van der Waals surface area (Å²) in [6, 6.07) is 10.5. The molecule has 160 valence electrons. The predicted octanol–water partition coefficient (Wildman–Crippen LogP) is 3.98. The first-order valence-electron chi connectivity index (χ1n) is 10.0. The number of ether oxygens (including phenoxy) is 3. The van der Waals surface area contributed by atoms with Gasteiger partial charge in [-0.3, -0.25) is 9.59 Å². The SMILES string of the molecule is COc1ccc(C(=O)Nc2ccccc2C(=O)N2CCCC[C@@H]2C)c(OC)c1OC. The summed E-state index contributed by atoms with van der Waals surface area (Å²) in [7, 11) is 4.46. The first kappa shape index (κ1) is 21.5. The fraction of sp³-hybridized carbons (Fsp3) is 0.391. The van der Waals surface area contributed by atoms with Gasteiger partial charge >= 0.3 is 0 Å². The number of para-hydroxylation sites is 1. The van der Waals surface area contributed by atoms with Crippen LogP contribution in [0.4, 0.5) is 5.69 Å². The Morgan fingerprint density at radius 2 is 1.67 bits per heavy atom. The maximum atomic E-state index is 13.2. The van der Waals surface area contributed by atoms with E-state index in [4.69, 9.17) is 14.2 Å². The summed E-state index contributed by atoms with van der Waals surface area (Å²) >= 11 is 0. The van der Waals surface area contributed by atoms with Crippen molar-refractivity contribution in [1.29, 1.82) is 0 Å². The fourth-order valence-corrected chi connectivity index (χ4v) is 3.80. The molecule has 7 heteroatoms. The molecule has 1 heterocycles. The van der Waals surface area contributed by atoms with Crippen molar-refractivity contribution in [1.82, 2.24) is 4.90 Å². The fourth-order valence-electron chi connectivity index (χ4n) is 3.80. The summed E-state index contributed by atoms with van der Waals surface area (Å²) in [6.07, 6.45) is 3.11. The number of anilines is 1. The van der Waals surface area contributed by atoms with Crippen molar-refractivity contribution in [2.75, 3.05) is 33.2 Å². The van der Waals surface area contributed by atoms with E-state index in [0.29, 0.717) is 22.7 Å². The highest BCUT2D eigenvalue weighted by atomic mass is 16.5. The van der Waals surface area contributed by atoms with Gasteiger partial charge in [0, 0.05) is 12.6 Å². The van der Waals surface area contributed by atoms with Gasteiger partial charge in [-0.05, 0) is 50.5 Å². The number of carbonyl (C=O) groups excluding carboxylic acids is 2. The maximum absolute atomic E-state index is 13.2. The summed E-state index contributed by atoms with van der Waals surface area (Å²) in [5, 5.41) is 2.86. The van der Waals surface area contributed by atoms with Crippen molar-refractivity contribution in [3.63, 3.8) is 0 Å². The van der Waals surface area contributed by atoms with Crippen LogP contribution < -0.4 is 19.5 Å². The Hall–Kier alpha value is -3.22. The largest absolute Gasteiger partial charge is 0.493 e. The highest BCUT2D eigenvalue weighted by Crippen LogP contribution is 2.40. The van der Waals surface area contributed by atoms with Crippen LogP contribution in [-0.4, -0.2) is 50.6 Å². The topological polar surface area (TPSA) is 77.1 Å². The molecular formula is C23H28N2O5. The molecule has 0 saturated carbocycles. The molecule has 2 aromatic carbocycles. The Kier molecular flexibility index (Phi) is 6.82. The number of likely N-dealkylation sites (tertiary alicyclic amines) is 1. The van der Waals surface area contributed by atoms with E-state index in [-0.39, 0.29) is 23.3 Å². The maximum Gasteiger partial charge on any atom is 0.259 e. The lowest BCUT2D eigenvalue weighted by atomic mass is 10.0. The first-order valence-corrected chi connectivity index (χ1v) is 10.0. The minimum atomic E-state index is -0.403. The van der Waals surface area contributed by atoms with E-state index in [1.54, 1.807) is 36.4 Å². The Bertz CT molecular complexity index is 928. The number of piperidine rings is 1. The predicted molar refractivity (Wildman–Crippen MR) is 115 cm³/mol. The van der Waals surface area contributed by atoms with Gasteiger partial charge in [0.1, 0.15) is 0 Å². The molecule has 1 fully saturated rings. The number of hydrogen-bond donors (Lipinski definition) is 1. The van der Waals surface area contributed by atoms with E-state index in [2.05, 4.69) is 12.2 Å². The number of rotatable bonds is 6. The van der Waals surface area contributed by atoms with Gasteiger partial charge in [-0.1, -0.05) is 12.1 Å². The summed E-state index contributed by atoms with van der Waals surface area (Å²) < 4.78 is 16.0. The van der Waals surface area contributed by atoms with E-state index in [9.17, 15) is 9.59 Å². The van der Waals surface area contributed by atoms with Crippen LogP contribution in [0.15, 0.2) is 36.4 Å². The molecular weight excluding hydrogens is 384 g/mol. The second kappa shape index (κ2) is 9.52. The lowest BCUT2D eigenvalue weighted by Crippen LogP contribution is -2.42. The molecule has 0 aromatic heterocycles. The van der Waals surface area contributed by atoms with Crippen LogP contribution in [-0.2, 0) is 0 Å². The zero-order valence-electron chi connectivity index (χ0n) is 17.9. The van der Waals surface area contributed by atoms with E-state index in [1.165, 1.54) is 21.3 Å². The van der Waals surface area contributed by atoms with E-state index < -0.39 is 5.91 Å². The smallest absolute Gasteiger partial charge is 0.259 e. The van der Waals surface area contributed by atoms with E-state index in [0.717, 1.165) is 25.8 Å². The number of hydrogen-bond acceptors (Lipinski definition) is 5. The number of nitrogens with one attached hydrogen (secondary N) is 1. The van der Waals surface area contributed by atoms with Crippen molar-refractivity contribution in [2.45, 2.75) is 32.2 Å². The standard InChI is InChI=1S/C23H28N2O5/c1-15-9-7-8-14-25(15)23(27)16-10-5-6-11-18(16)24-22(26)17-12-13-19(28-2)21(30-4)20(17)29-3/h5-6,10-13,15H,7-9,14H2,1-4H3,(H,24,26)/t15-/m0/s1. The summed E-state index contributed by atoms with van der Waals surface area (Å²) in [5.41, 5.74) is 1.21. The lowest BCUT2D eigenvalue weighted by Gasteiger charge is -2.34. The summed E-state index contributed by atoms with van der Waals surface area (Å²) in [4.78, 5) is 28.1. The van der Waals surface area contributed by atoms with Gasteiger partial charge in [-0.15, -0.1) is 0 Å². The van der Waals surface area contributed by atoms with Gasteiger partial charge in [0.2, 0.25) is 5.75 Å². The number of carbonyl (C=O) groups is 2. The highest BCUT2D eigenvalue weighted by molar-refractivity contribution is 6.10. The Balaban J connectivity index is 1.91. The van der Waals surface area contributed by atoms with Crippen LogP contribution >= 0.6 is 0 Å². The minimum Gasteiger partial charge on any atom is -0.493 e. The Labute approximate surface area is 176 Å². The Morgan fingerprint density at radius 3 is 2.33 bits per heavy atom. The van der Waals surface area contributed by atoms with Crippen LogP contribution in [0, 0.1) is 0 Å². The molecule has 2 aromatic rings. The van der Waals surface area contributed by atoms with Crippen molar-refractivity contribution in [2.24, 2.45) is 0 Å². The molecule has 0 radical (unpaired) electrons. The van der Waals surface area contributed by atoms with Gasteiger partial charge in [-0.2, -0.15) is 0 Å². The highest BCUT2D eigenvalue weighted by Gasteiger charge is 2.27. The molecule has 2 amide bonds. The molecule has 0 bridgehead atoms. The molecule has 0 spiro atoms. The number of benzene rings is 2. The molecule has 0 aliphatic carbocycles. The van der Waals surface area contributed by atoms with Crippen LogP contribution in [0.25, 0.3) is 0 Å². The van der Waals surface area contributed by atoms with Crippen molar-refractivity contribution < 1.29 is 23.8 Å². The minimum absolute atomic E-state index is 0.0719. The van der Waals surface area contributed by atoms with Crippen LogP contribution in [0.5, 0.6) is 17.2 Å². The molecule has 30 heavy (non-hydrogen) atoms. The average Bonchev–Trinajstić information content (AvgIpc) is 2.78. The molecule has 7 nitrogen and oxygen atoms in total. The zero-order valence-corrected chi connectivity index (χ0v) is 17.9. The molecule has 0 unspecified atom stereocenters. The zero-order chi connectivity index (χ0) is 21.7. The molecule has 3 rings (SSSR count). The second-order valence-corrected chi connectivity index (χ2v) is 7.22. The number of amides is 2. The quantitative estimate of drug-likeness (QED) is 0.777. The van der Waals surface area contributed by atoms with Crippen molar-refractivity contribution in [3.8, 4) is 17.2 Å². The monoisotopic (exact) mass is 412 g/mol. The lowest BCUT2D eigenvalue weighted by molar-refractivity contribution is 0.0636. The molecule has 1 N–H and O–H groups in total. The van der Waals surface area contributed by atoms with Crippen LogP contribution in [0.2, 0.25) is 0 Å². The van der Waals surface area contributed by atoms with Gasteiger partial charge in [0.25, 0.3) is 11.8 Å². The van der Waals surface area contributed by atoms with Gasteiger partial charge in [-0.25, -0.2) is 0 Å². The third-order valence-electron chi connectivity index (χ3n) is 5.42. The normalized spacial score (nSPS) is 16.0. The van der Waals surface area contributed by atoms with Crippen molar-refractivity contribution in [3.05, 3.63) is 47.5 Å². The molecule has 1 saturated heterocycles. The number of nitrogens with zero attached hydrogens (tertiary/aromatic N) is 1. The third kappa shape index (κ3) is 4.20. The third-order valence-corrected chi connectivity index (χ3v) is 5.42. The summed E-state index contributed by atoms with van der Waals surface area (Å²) in [5.74, 6) is 0.583. The van der Waals surface area contributed by atoms with Gasteiger partial charge < -0.3 is 24.4 Å². The van der Waals surface area contributed by atoms with E-state index >= 15 is 0 Å². The molecule has 1 aliphatic heterocycles. The van der Waals surface area contributed by atoms with Crippen LogP contribution in [0.1, 0.15) is 46.9 Å². The summed E-state index contributed by atoms with van der Waals surface area (Å²) in [6.45, 7) is 2.79. The van der Waals surface area contributed by atoms with Gasteiger partial charge in [0.15, 0.2) is 11.5 Å². The number of methoxy groups -OCH3 is 3. The second-order valence-electron chi connectivity index (χ2n) is 7.22. The van der Waals surface area contributed by atoms with Crippen LogP contribution in [0.3, 0.4) is 0 Å². The average molecular weight is 412 g/mol. The Morgan fingerprint density at radius 1 is 0.933 bits per heavy atom.